The highest BCUT2D eigenvalue weighted by Crippen LogP contribution is 2.24. The first-order chi connectivity index (χ1) is 9.47. The number of piperazine rings is 1. The lowest BCUT2D eigenvalue weighted by Crippen LogP contribution is -2.46. The maximum absolute atomic E-state index is 12.4. The van der Waals surface area contributed by atoms with Crippen LogP contribution in [-0.4, -0.2) is 43.2 Å². The molecule has 0 bridgehead atoms. The second-order valence-corrected chi connectivity index (χ2v) is 4.81. The third-order valence-electron chi connectivity index (χ3n) is 3.33. The zero-order chi connectivity index (χ0) is 14.6. The summed E-state index contributed by atoms with van der Waals surface area (Å²) in [4.78, 5) is 14.0. The fraction of sp³-hybridized carbons (Fsp3) is 0.500. The second-order valence-electron chi connectivity index (χ2n) is 4.81. The molecule has 0 unspecified atom stereocenters. The highest BCUT2D eigenvalue weighted by atomic mass is 35.5. The first kappa shape index (κ1) is 17.8. The van der Waals surface area contributed by atoms with E-state index >= 15 is 0 Å². The monoisotopic (exact) mass is 322 g/mol. The summed E-state index contributed by atoms with van der Waals surface area (Å²) in [5.74, 6) is -0.177. The van der Waals surface area contributed by atoms with Gasteiger partial charge in [-0.2, -0.15) is 13.2 Å². The molecule has 0 saturated carbocycles. The van der Waals surface area contributed by atoms with Crippen molar-refractivity contribution in [2.24, 2.45) is 0 Å². The van der Waals surface area contributed by atoms with E-state index in [1.54, 1.807) is 29.2 Å². The number of nitrogens with zero attached hydrogens (tertiary/aromatic N) is 1. The molecule has 0 spiro atoms. The number of hydrogen-bond donors (Lipinski definition) is 1. The van der Waals surface area contributed by atoms with Crippen LogP contribution < -0.4 is 5.32 Å². The van der Waals surface area contributed by atoms with E-state index in [0.29, 0.717) is 24.2 Å². The van der Waals surface area contributed by atoms with Crippen molar-refractivity contribution in [1.82, 2.24) is 10.2 Å². The van der Waals surface area contributed by atoms with E-state index in [4.69, 9.17) is 0 Å². The smallest absolute Gasteiger partial charge is 0.336 e. The van der Waals surface area contributed by atoms with E-state index in [0.717, 1.165) is 13.1 Å². The lowest BCUT2D eigenvalue weighted by Gasteiger charge is -2.28. The number of carbonyl (C=O) groups excluding carboxylic acids is 1. The standard InChI is InChI=1S/C14H17F3N2O.ClH/c15-14(16,17)6-5-11-3-1-2-4-12(11)13(20)19-9-7-18-8-10-19;/h1-4,18H,5-10H2;1H. The van der Waals surface area contributed by atoms with Crippen LogP contribution in [0.15, 0.2) is 24.3 Å². The Balaban J connectivity index is 0.00000220. The van der Waals surface area contributed by atoms with Crippen LogP contribution >= 0.6 is 12.4 Å². The van der Waals surface area contributed by atoms with E-state index in [9.17, 15) is 18.0 Å². The van der Waals surface area contributed by atoms with Crippen LogP contribution in [0.5, 0.6) is 0 Å². The maximum Gasteiger partial charge on any atom is 0.389 e. The Hall–Kier alpha value is -1.27. The van der Waals surface area contributed by atoms with Crippen molar-refractivity contribution in [3.05, 3.63) is 35.4 Å². The summed E-state index contributed by atoms with van der Waals surface area (Å²) in [5.41, 5.74) is 0.854. The highest BCUT2D eigenvalue weighted by Gasteiger charge is 2.28. The van der Waals surface area contributed by atoms with Crippen LogP contribution in [0, 0.1) is 0 Å². The summed E-state index contributed by atoms with van der Waals surface area (Å²) in [7, 11) is 0. The van der Waals surface area contributed by atoms with E-state index in [-0.39, 0.29) is 24.7 Å². The first-order valence-corrected chi connectivity index (χ1v) is 6.62. The first-order valence-electron chi connectivity index (χ1n) is 6.62. The van der Waals surface area contributed by atoms with Gasteiger partial charge in [0.2, 0.25) is 0 Å². The van der Waals surface area contributed by atoms with Gasteiger partial charge in [-0.25, -0.2) is 0 Å². The summed E-state index contributed by atoms with van der Waals surface area (Å²) >= 11 is 0. The Morgan fingerprint density at radius 2 is 1.81 bits per heavy atom. The molecule has 1 aliphatic rings. The fourth-order valence-corrected chi connectivity index (χ4v) is 2.26. The molecule has 118 valence electrons. The van der Waals surface area contributed by atoms with Crippen molar-refractivity contribution in [1.29, 1.82) is 0 Å². The van der Waals surface area contributed by atoms with Crippen molar-refractivity contribution < 1.29 is 18.0 Å². The quantitative estimate of drug-likeness (QED) is 0.928. The fourth-order valence-electron chi connectivity index (χ4n) is 2.26. The molecule has 0 atom stereocenters. The molecule has 0 aromatic heterocycles. The van der Waals surface area contributed by atoms with E-state index in [1.807, 2.05) is 0 Å². The molecule has 1 N–H and O–H groups in total. The number of amides is 1. The van der Waals surface area contributed by atoms with Crippen LogP contribution in [0.1, 0.15) is 22.3 Å². The molecule has 7 heteroatoms. The Morgan fingerprint density at radius 3 is 2.43 bits per heavy atom. The van der Waals surface area contributed by atoms with Crippen LogP contribution in [0.25, 0.3) is 0 Å². The van der Waals surface area contributed by atoms with Gasteiger partial charge in [-0.3, -0.25) is 4.79 Å². The minimum atomic E-state index is -4.20. The molecule has 1 heterocycles. The molecular weight excluding hydrogens is 305 g/mol. The van der Waals surface area contributed by atoms with Gasteiger partial charge in [-0.05, 0) is 18.1 Å². The average Bonchev–Trinajstić information content (AvgIpc) is 2.45. The summed E-state index contributed by atoms with van der Waals surface area (Å²) in [5, 5.41) is 3.14. The Morgan fingerprint density at radius 1 is 1.19 bits per heavy atom. The van der Waals surface area contributed by atoms with Crippen LogP contribution in [0.2, 0.25) is 0 Å². The summed E-state index contributed by atoms with van der Waals surface area (Å²) < 4.78 is 37.0. The summed E-state index contributed by atoms with van der Waals surface area (Å²) in [6.45, 7) is 2.62. The molecular formula is C14H18ClF3N2O. The Labute approximate surface area is 127 Å². The predicted molar refractivity (Wildman–Crippen MR) is 76.8 cm³/mol. The van der Waals surface area contributed by atoms with E-state index in [1.165, 1.54) is 0 Å². The van der Waals surface area contributed by atoms with Gasteiger partial charge in [-0.1, -0.05) is 18.2 Å². The molecule has 1 amide bonds. The predicted octanol–water partition coefficient (Wildman–Crippen LogP) is 2.65. The third kappa shape index (κ3) is 5.21. The van der Waals surface area contributed by atoms with Gasteiger partial charge in [0, 0.05) is 38.2 Å². The molecule has 1 aromatic carbocycles. The van der Waals surface area contributed by atoms with Crippen molar-refractivity contribution in [2.75, 3.05) is 26.2 Å². The molecule has 1 fully saturated rings. The van der Waals surface area contributed by atoms with Gasteiger partial charge in [-0.15, -0.1) is 12.4 Å². The van der Waals surface area contributed by atoms with Gasteiger partial charge in [0.15, 0.2) is 0 Å². The van der Waals surface area contributed by atoms with Crippen LogP contribution in [-0.2, 0) is 6.42 Å². The number of hydrogen-bond acceptors (Lipinski definition) is 2. The van der Waals surface area contributed by atoms with Crippen molar-refractivity contribution >= 4 is 18.3 Å². The number of aryl methyl sites for hydroxylation is 1. The molecule has 0 aliphatic carbocycles. The molecule has 3 nitrogen and oxygen atoms in total. The highest BCUT2D eigenvalue weighted by molar-refractivity contribution is 5.95. The second kappa shape index (κ2) is 7.66. The molecule has 1 saturated heterocycles. The zero-order valence-corrected chi connectivity index (χ0v) is 12.3. The summed E-state index contributed by atoms with van der Waals surface area (Å²) in [6, 6.07) is 6.56. The topological polar surface area (TPSA) is 32.3 Å². The minimum absolute atomic E-state index is 0. The number of carbonyl (C=O) groups is 1. The molecule has 1 aliphatic heterocycles. The number of nitrogens with one attached hydrogen (secondary N) is 1. The Bertz CT molecular complexity index is 474. The maximum atomic E-state index is 12.4. The van der Waals surface area contributed by atoms with Gasteiger partial charge in [0.25, 0.3) is 5.91 Å². The van der Waals surface area contributed by atoms with E-state index < -0.39 is 12.6 Å². The molecule has 1 aromatic rings. The van der Waals surface area contributed by atoms with Gasteiger partial charge in [0.1, 0.15) is 0 Å². The van der Waals surface area contributed by atoms with Crippen molar-refractivity contribution in [3.63, 3.8) is 0 Å². The lowest BCUT2D eigenvalue weighted by atomic mass is 10.0. The lowest BCUT2D eigenvalue weighted by molar-refractivity contribution is -0.134. The Kier molecular flexibility index (Phi) is 6.48. The number of alkyl halides is 3. The zero-order valence-electron chi connectivity index (χ0n) is 11.4. The SMILES string of the molecule is Cl.O=C(c1ccccc1CCC(F)(F)F)N1CCNCC1. The largest absolute Gasteiger partial charge is 0.389 e. The molecule has 2 rings (SSSR count). The van der Waals surface area contributed by atoms with Crippen LogP contribution in [0.3, 0.4) is 0 Å². The molecule has 21 heavy (non-hydrogen) atoms. The molecule has 0 radical (unpaired) electrons. The van der Waals surface area contributed by atoms with Gasteiger partial charge >= 0.3 is 6.18 Å². The van der Waals surface area contributed by atoms with Crippen molar-refractivity contribution in [2.45, 2.75) is 19.0 Å². The third-order valence-corrected chi connectivity index (χ3v) is 3.33. The number of rotatable bonds is 3. The van der Waals surface area contributed by atoms with Gasteiger partial charge < -0.3 is 10.2 Å². The normalized spacial score (nSPS) is 15.5. The average molecular weight is 323 g/mol. The van der Waals surface area contributed by atoms with E-state index in [2.05, 4.69) is 5.32 Å². The van der Waals surface area contributed by atoms with Gasteiger partial charge in [0.05, 0.1) is 0 Å². The number of halogens is 4. The van der Waals surface area contributed by atoms with Crippen LogP contribution in [0.4, 0.5) is 13.2 Å². The minimum Gasteiger partial charge on any atom is -0.336 e. The summed E-state index contributed by atoms with van der Waals surface area (Å²) in [6.07, 6.45) is -5.26. The van der Waals surface area contributed by atoms with Crippen molar-refractivity contribution in [3.8, 4) is 0 Å². The number of benzene rings is 1.